The van der Waals surface area contributed by atoms with E-state index in [0.717, 1.165) is 25.9 Å². The molecule has 0 aromatic carbocycles. The smallest absolute Gasteiger partial charge is 0.259 e. The van der Waals surface area contributed by atoms with E-state index in [1.807, 2.05) is 11.8 Å². The maximum Gasteiger partial charge on any atom is 0.259 e. The van der Waals surface area contributed by atoms with Crippen LogP contribution in [-0.2, 0) is 6.54 Å². The minimum atomic E-state index is 0.0182. The molecule has 0 unspecified atom stereocenters. The molecule has 0 spiro atoms. The molecule has 1 fully saturated rings. The predicted octanol–water partition coefficient (Wildman–Crippen LogP) is 0.721. The summed E-state index contributed by atoms with van der Waals surface area (Å²) in [6.45, 7) is 4.33. The Labute approximate surface area is 88.8 Å². The average molecular weight is 208 g/mol. The summed E-state index contributed by atoms with van der Waals surface area (Å²) in [5.41, 5.74) is 6.38. The van der Waals surface area contributed by atoms with Crippen molar-refractivity contribution in [3.63, 3.8) is 0 Å². The van der Waals surface area contributed by atoms with Crippen LogP contribution in [0, 0.1) is 0 Å². The van der Waals surface area contributed by atoms with E-state index >= 15 is 0 Å². The third-order valence-electron chi connectivity index (χ3n) is 2.80. The summed E-state index contributed by atoms with van der Waals surface area (Å²) in [5.74, 6) is 0.499. The van der Waals surface area contributed by atoms with Crippen LogP contribution in [-0.4, -0.2) is 33.7 Å². The number of likely N-dealkylation sites (tertiary alicyclic amines) is 1. The molecule has 82 valence electrons. The molecule has 1 amide bonds. The van der Waals surface area contributed by atoms with E-state index in [4.69, 9.17) is 5.73 Å². The summed E-state index contributed by atoms with van der Waals surface area (Å²) in [7, 11) is 0. The number of nitrogen functional groups attached to an aromatic ring is 1. The normalized spacial score (nSPS) is 15.9. The number of amides is 1. The summed E-state index contributed by atoms with van der Waals surface area (Å²) in [6, 6.07) is 0. The molecule has 1 aliphatic rings. The van der Waals surface area contributed by atoms with Gasteiger partial charge in [0.1, 0.15) is 11.4 Å². The lowest BCUT2D eigenvalue weighted by molar-refractivity contribution is 0.0794. The Bertz CT molecular complexity index is 365. The highest BCUT2D eigenvalue weighted by Gasteiger charge is 2.23. The van der Waals surface area contributed by atoms with Crippen molar-refractivity contribution in [2.75, 3.05) is 18.8 Å². The molecule has 0 saturated carbocycles. The lowest BCUT2D eigenvalue weighted by Gasteiger charge is -2.14. The van der Waals surface area contributed by atoms with Gasteiger partial charge in [-0.05, 0) is 19.8 Å². The first-order chi connectivity index (χ1) is 7.24. The highest BCUT2D eigenvalue weighted by molar-refractivity contribution is 5.98. The molecule has 15 heavy (non-hydrogen) atoms. The van der Waals surface area contributed by atoms with Gasteiger partial charge in [0.2, 0.25) is 0 Å². The van der Waals surface area contributed by atoms with Crippen LogP contribution >= 0.6 is 0 Å². The van der Waals surface area contributed by atoms with Gasteiger partial charge >= 0.3 is 0 Å². The molecular weight excluding hydrogens is 192 g/mol. The third kappa shape index (κ3) is 1.69. The monoisotopic (exact) mass is 208 g/mol. The molecule has 2 N–H and O–H groups in total. The van der Waals surface area contributed by atoms with Gasteiger partial charge in [-0.25, -0.2) is 4.68 Å². The van der Waals surface area contributed by atoms with Crippen LogP contribution < -0.4 is 5.73 Å². The second kappa shape index (κ2) is 3.92. The molecule has 2 rings (SSSR count). The first-order valence-electron chi connectivity index (χ1n) is 5.34. The Balaban J connectivity index is 2.21. The van der Waals surface area contributed by atoms with E-state index in [1.165, 1.54) is 0 Å². The Hall–Kier alpha value is -1.52. The van der Waals surface area contributed by atoms with Crippen molar-refractivity contribution in [1.82, 2.24) is 14.7 Å². The standard InChI is InChI=1S/C10H16N4O/c1-2-14-9(11)8(7-12-14)10(15)13-5-3-4-6-13/h7H,2-6,11H2,1H3. The highest BCUT2D eigenvalue weighted by atomic mass is 16.2. The lowest BCUT2D eigenvalue weighted by atomic mass is 10.3. The maximum atomic E-state index is 12.0. The van der Waals surface area contributed by atoms with Crippen LogP contribution in [0.3, 0.4) is 0 Å². The van der Waals surface area contributed by atoms with Gasteiger partial charge in [-0.15, -0.1) is 0 Å². The molecule has 2 heterocycles. The van der Waals surface area contributed by atoms with Crippen molar-refractivity contribution < 1.29 is 4.79 Å². The van der Waals surface area contributed by atoms with Crippen molar-refractivity contribution >= 4 is 11.7 Å². The number of aryl methyl sites for hydroxylation is 1. The molecule has 0 atom stereocenters. The van der Waals surface area contributed by atoms with Gasteiger partial charge in [-0.3, -0.25) is 4.79 Å². The molecule has 1 saturated heterocycles. The lowest BCUT2D eigenvalue weighted by Crippen LogP contribution is -2.28. The van der Waals surface area contributed by atoms with Gasteiger partial charge in [0.25, 0.3) is 5.91 Å². The molecule has 0 aliphatic carbocycles. The number of carbonyl (C=O) groups excluding carboxylic acids is 1. The third-order valence-corrected chi connectivity index (χ3v) is 2.80. The van der Waals surface area contributed by atoms with Gasteiger partial charge in [0.05, 0.1) is 6.20 Å². The first-order valence-corrected chi connectivity index (χ1v) is 5.34. The van der Waals surface area contributed by atoms with E-state index in [1.54, 1.807) is 10.9 Å². The van der Waals surface area contributed by atoms with Crippen molar-refractivity contribution in [1.29, 1.82) is 0 Å². The van der Waals surface area contributed by atoms with Gasteiger partial charge in [-0.2, -0.15) is 5.10 Å². The molecule has 0 bridgehead atoms. The second-order valence-electron chi connectivity index (χ2n) is 3.76. The van der Waals surface area contributed by atoms with E-state index in [2.05, 4.69) is 5.10 Å². The van der Waals surface area contributed by atoms with Crippen molar-refractivity contribution in [3.05, 3.63) is 11.8 Å². The summed E-state index contributed by atoms with van der Waals surface area (Å²) >= 11 is 0. The topological polar surface area (TPSA) is 64.2 Å². The zero-order valence-corrected chi connectivity index (χ0v) is 8.94. The molecule has 0 radical (unpaired) electrons. The van der Waals surface area contributed by atoms with Crippen LogP contribution in [0.15, 0.2) is 6.20 Å². The van der Waals surface area contributed by atoms with Crippen molar-refractivity contribution in [2.24, 2.45) is 0 Å². The van der Waals surface area contributed by atoms with Gasteiger partial charge in [-0.1, -0.05) is 0 Å². The Kier molecular flexibility index (Phi) is 2.62. The fourth-order valence-electron chi connectivity index (χ4n) is 1.90. The number of nitrogens with zero attached hydrogens (tertiary/aromatic N) is 3. The minimum Gasteiger partial charge on any atom is -0.383 e. The molecule has 5 heteroatoms. The molecule has 1 aliphatic heterocycles. The Morgan fingerprint density at radius 1 is 1.53 bits per heavy atom. The van der Waals surface area contributed by atoms with Crippen LogP contribution in [0.25, 0.3) is 0 Å². The molecule has 5 nitrogen and oxygen atoms in total. The summed E-state index contributed by atoms with van der Waals surface area (Å²) in [5, 5.41) is 4.07. The van der Waals surface area contributed by atoms with Crippen LogP contribution in [0.5, 0.6) is 0 Å². The zero-order valence-electron chi connectivity index (χ0n) is 8.94. The number of anilines is 1. The van der Waals surface area contributed by atoms with Crippen molar-refractivity contribution in [3.8, 4) is 0 Å². The maximum absolute atomic E-state index is 12.0. The van der Waals surface area contributed by atoms with Gasteiger partial charge in [0, 0.05) is 19.6 Å². The van der Waals surface area contributed by atoms with Crippen LogP contribution in [0.4, 0.5) is 5.82 Å². The SMILES string of the molecule is CCn1ncc(C(=O)N2CCCC2)c1N. The summed E-state index contributed by atoms with van der Waals surface area (Å²) in [4.78, 5) is 13.8. The van der Waals surface area contributed by atoms with Crippen molar-refractivity contribution in [2.45, 2.75) is 26.3 Å². The Morgan fingerprint density at radius 3 is 2.73 bits per heavy atom. The first kappa shape index (κ1) is 10.0. The number of rotatable bonds is 2. The predicted molar refractivity (Wildman–Crippen MR) is 57.5 cm³/mol. The molecule has 1 aromatic rings. The van der Waals surface area contributed by atoms with E-state index < -0.39 is 0 Å². The minimum absolute atomic E-state index is 0.0182. The second-order valence-corrected chi connectivity index (χ2v) is 3.76. The number of aromatic nitrogens is 2. The summed E-state index contributed by atoms with van der Waals surface area (Å²) in [6.07, 6.45) is 3.75. The van der Waals surface area contributed by atoms with Crippen LogP contribution in [0.1, 0.15) is 30.1 Å². The highest BCUT2D eigenvalue weighted by Crippen LogP contribution is 2.17. The Morgan fingerprint density at radius 2 is 2.20 bits per heavy atom. The largest absolute Gasteiger partial charge is 0.383 e. The average Bonchev–Trinajstić information content (AvgIpc) is 2.85. The number of hydrogen-bond donors (Lipinski definition) is 1. The quantitative estimate of drug-likeness (QED) is 0.779. The summed E-state index contributed by atoms with van der Waals surface area (Å²) < 4.78 is 1.64. The van der Waals surface area contributed by atoms with E-state index in [9.17, 15) is 4.79 Å². The van der Waals surface area contributed by atoms with E-state index in [0.29, 0.717) is 17.9 Å². The van der Waals surface area contributed by atoms with Gasteiger partial charge in [0.15, 0.2) is 0 Å². The molecular formula is C10H16N4O. The van der Waals surface area contributed by atoms with Crippen LogP contribution in [0.2, 0.25) is 0 Å². The van der Waals surface area contributed by atoms with Gasteiger partial charge < -0.3 is 10.6 Å². The fourth-order valence-corrected chi connectivity index (χ4v) is 1.90. The molecule has 1 aromatic heterocycles. The number of hydrogen-bond acceptors (Lipinski definition) is 3. The number of carbonyl (C=O) groups is 1. The fraction of sp³-hybridized carbons (Fsp3) is 0.600. The number of nitrogens with two attached hydrogens (primary N) is 1. The zero-order chi connectivity index (χ0) is 10.8. The van der Waals surface area contributed by atoms with E-state index in [-0.39, 0.29) is 5.91 Å².